The Hall–Kier alpha value is -2.04. The minimum absolute atomic E-state index is 0.0102. The lowest BCUT2D eigenvalue weighted by atomic mass is 10.0. The van der Waals surface area contributed by atoms with Crippen molar-refractivity contribution in [1.29, 1.82) is 0 Å². The normalized spacial score (nSPS) is 15.9. The highest BCUT2D eigenvalue weighted by molar-refractivity contribution is 6.31. The van der Waals surface area contributed by atoms with E-state index in [1.165, 1.54) is 24.8 Å². The molecule has 0 spiro atoms. The number of piperidine rings is 1. The first kappa shape index (κ1) is 21.7. The zero-order chi connectivity index (χ0) is 20.6. The van der Waals surface area contributed by atoms with E-state index >= 15 is 0 Å². The standard InChI is InChI=1S/C24H31ClN2O2/c1-18(2)19-10-12-20(13-11-19)29-17-24(28)26-16-23(27-14-6-3-7-15-27)21-8-4-5-9-22(21)25/h4-5,8-13,18,23H,3,6-7,14-17H2,1-2H3,(H,26,28)/t23-/m0/s1. The predicted molar refractivity (Wildman–Crippen MR) is 119 cm³/mol. The SMILES string of the molecule is CC(C)c1ccc(OCC(=O)NC[C@@H](c2ccccc2Cl)N2CCCCC2)cc1. The van der Waals surface area contributed by atoms with Gasteiger partial charge in [0.05, 0.1) is 6.04 Å². The number of halogens is 1. The van der Waals surface area contributed by atoms with Crippen molar-refractivity contribution in [3.8, 4) is 5.75 Å². The summed E-state index contributed by atoms with van der Waals surface area (Å²) < 4.78 is 5.66. The molecule has 1 atom stereocenters. The van der Waals surface area contributed by atoms with Crippen molar-refractivity contribution in [3.63, 3.8) is 0 Å². The number of hydrogen-bond donors (Lipinski definition) is 1. The van der Waals surface area contributed by atoms with E-state index in [0.29, 0.717) is 18.2 Å². The first-order chi connectivity index (χ1) is 14.0. The average Bonchev–Trinajstić information content (AvgIpc) is 2.74. The first-order valence-electron chi connectivity index (χ1n) is 10.5. The van der Waals surface area contributed by atoms with Gasteiger partial charge in [-0.25, -0.2) is 0 Å². The summed E-state index contributed by atoms with van der Waals surface area (Å²) >= 11 is 6.47. The summed E-state index contributed by atoms with van der Waals surface area (Å²) in [6, 6.07) is 15.9. The summed E-state index contributed by atoms with van der Waals surface area (Å²) in [5, 5.41) is 3.79. The Morgan fingerprint density at radius 3 is 2.41 bits per heavy atom. The molecular weight excluding hydrogens is 384 g/mol. The van der Waals surface area contributed by atoms with Gasteiger partial charge in [0.25, 0.3) is 5.91 Å². The lowest BCUT2D eigenvalue weighted by molar-refractivity contribution is -0.123. The van der Waals surface area contributed by atoms with Gasteiger partial charge in [0.15, 0.2) is 6.61 Å². The van der Waals surface area contributed by atoms with Gasteiger partial charge in [0.2, 0.25) is 0 Å². The zero-order valence-electron chi connectivity index (χ0n) is 17.4. The molecule has 1 fully saturated rings. The van der Waals surface area contributed by atoms with Gasteiger partial charge < -0.3 is 10.1 Å². The van der Waals surface area contributed by atoms with Gasteiger partial charge in [-0.05, 0) is 61.2 Å². The van der Waals surface area contributed by atoms with Gasteiger partial charge in [-0.1, -0.05) is 62.2 Å². The van der Waals surface area contributed by atoms with Crippen LogP contribution in [0.25, 0.3) is 0 Å². The van der Waals surface area contributed by atoms with E-state index in [9.17, 15) is 4.79 Å². The monoisotopic (exact) mass is 414 g/mol. The van der Waals surface area contributed by atoms with E-state index in [2.05, 4.69) is 30.1 Å². The molecule has 0 bridgehead atoms. The van der Waals surface area contributed by atoms with E-state index in [4.69, 9.17) is 16.3 Å². The third kappa shape index (κ3) is 6.22. The van der Waals surface area contributed by atoms with E-state index in [0.717, 1.165) is 23.7 Å². The number of carbonyl (C=O) groups is 1. The number of nitrogens with one attached hydrogen (secondary N) is 1. The van der Waals surface area contributed by atoms with Gasteiger partial charge >= 0.3 is 0 Å². The molecule has 0 aliphatic carbocycles. The molecule has 29 heavy (non-hydrogen) atoms. The van der Waals surface area contributed by atoms with E-state index in [1.807, 2.05) is 42.5 Å². The molecule has 0 aromatic heterocycles. The van der Waals surface area contributed by atoms with Crippen LogP contribution in [0.2, 0.25) is 5.02 Å². The number of nitrogens with zero attached hydrogens (tertiary/aromatic N) is 1. The molecule has 2 aromatic carbocycles. The van der Waals surface area contributed by atoms with Crippen LogP contribution in [0.5, 0.6) is 5.75 Å². The Balaban J connectivity index is 1.57. The zero-order valence-corrected chi connectivity index (χ0v) is 18.1. The van der Waals surface area contributed by atoms with Crippen LogP contribution in [0.15, 0.2) is 48.5 Å². The Kier molecular flexibility index (Phi) is 7.96. The van der Waals surface area contributed by atoms with Crippen molar-refractivity contribution in [2.45, 2.75) is 45.1 Å². The topological polar surface area (TPSA) is 41.6 Å². The fraction of sp³-hybridized carbons (Fsp3) is 0.458. The quantitative estimate of drug-likeness (QED) is 0.646. The van der Waals surface area contributed by atoms with Gasteiger partial charge in [0.1, 0.15) is 5.75 Å². The number of hydrogen-bond acceptors (Lipinski definition) is 3. The summed E-state index contributed by atoms with van der Waals surface area (Å²) in [7, 11) is 0. The molecule has 4 nitrogen and oxygen atoms in total. The molecule has 1 aliphatic rings. The summed E-state index contributed by atoms with van der Waals surface area (Å²) in [6.45, 7) is 6.91. The van der Waals surface area contributed by atoms with Crippen LogP contribution in [0.4, 0.5) is 0 Å². The fourth-order valence-corrected chi connectivity index (χ4v) is 4.03. The Bertz CT molecular complexity index is 786. The number of carbonyl (C=O) groups excluding carboxylic acids is 1. The summed E-state index contributed by atoms with van der Waals surface area (Å²) in [6.07, 6.45) is 3.64. The lowest BCUT2D eigenvalue weighted by Gasteiger charge is -2.35. The predicted octanol–water partition coefficient (Wildman–Crippen LogP) is 5.19. The molecule has 0 radical (unpaired) electrons. The van der Waals surface area contributed by atoms with Crippen LogP contribution in [0, 0.1) is 0 Å². The number of benzene rings is 2. The maximum absolute atomic E-state index is 12.4. The Morgan fingerprint density at radius 2 is 1.76 bits per heavy atom. The maximum atomic E-state index is 12.4. The van der Waals surface area contributed by atoms with Crippen molar-refractivity contribution < 1.29 is 9.53 Å². The van der Waals surface area contributed by atoms with Crippen molar-refractivity contribution in [3.05, 3.63) is 64.7 Å². The fourth-order valence-electron chi connectivity index (χ4n) is 3.77. The summed E-state index contributed by atoms with van der Waals surface area (Å²) in [5.74, 6) is 1.07. The molecule has 0 saturated carbocycles. The highest BCUT2D eigenvalue weighted by Gasteiger charge is 2.24. The molecule has 1 N–H and O–H groups in total. The third-order valence-electron chi connectivity index (χ3n) is 5.50. The molecule has 1 saturated heterocycles. The first-order valence-corrected chi connectivity index (χ1v) is 10.9. The Labute approximate surface area is 179 Å². The number of rotatable bonds is 8. The molecule has 0 unspecified atom stereocenters. The van der Waals surface area contributed by atoms with E-state index in [-0.39, 0.29) is 18.6 Å². The summed E-state index contributed by atoms with van der Waals surface area (Å²) in [5.41, 5.74) is 2.33. The van der Waals surface area contributed by atoms with Crippen molar-refractivity contribution in [1.82, 2.24) is 10.2 Å². The largest absolute Gasteiger partial charge is 0.484 e. The van der Waals surface area contributed by atoms with E-state index in [1.54, 1.807) is 0 Å². The van der Waals surface area contributed by atoms with Crippen molar-refractivity contribution >= 4 is 17.5 Å². The van der Waals surface area contributed by atoms with Gasteiger partial charge in [-0.3, -0.25) is 9.69 Å². The third-order valence-corrected chi connectivity index (χ3v) is 5.85. The average molecular weight is 415 g/mol. The molecular formula is C24H31ClN2O2. The smallest absolute Gasteiger partial charge is 0.258 e. The van der Waals surface area contributed by atoms with Crippen LogP contribution >= 0.6 is 11.6 Å². The van der Waals surface area contributed by atoms with Crippen LogP contribution in [0.1, 0.15) is 56.2 Å². The minimum Gasteiger partial charge on any atom is -0.484 e. The highest BCUT2D eigenvalue weighted by Crippen LogP contribution is 2.29. The number of amides is 1. The molecule has 5 heteroatoms. The molecule has 1 aliphatic heterocycles. The van der Waals surface area contributed by atoms with E-state index < -0.39 is 0 Å². The molecule has 1 heterocycles. The molecule has 2 aromatic rings. The minimum atomic E-state index is -0.119. The second-order valence-electron chi connectivity index (χ2n) is 7.95. The van der Waals surface area contributed by atoms with Crippen molar-refractivity contribution in [2.75, 3.05) is 26.2 Å². The highest BCUT2D eigenvalue weighted by atomic mass is 35.5. The van der Waals surface area contributed by atoms with Gasteiger partial charge in [-0.15, -0.1) is 0 Å². The van der Waals surface area contributed by atoms with Gasteiger partial charge in [0, 0.05) is 11.6 Å². The van der Waals surface area contributed by atoms with Crippen molar-refractivity contribution in [2.24, 2.45) is 0 Å². The molecule has 3 rings (SSSR count). The van der Waals surface area contributed by atoms with Crippen LogP contribution in [-0.4, -0.2) is 37.0 Å². The van der Waals surface area contributed by atoms with Gasteiger partial charge in [-0.2, -0.15) is 0 Å². The number of likely N-dealkylation sites (tertiary alicyclic amines) is 1. The summed E-state index contributed by atoms with van der Waals surface area (Å²) in [4.78, 5) is 14.8. The number of ether oxygens (including phenoxy) is 1. The second-order valence-corrected chi connectivity index (χ2v) is 8.36. The molecule has 156 valence electrons. The van der Waals surface area contributed by atoms with Crippen LogP contribution < -0.4 is 10.1 Å². The van der Waals surface area contributed by atoms with Crippen LogP contribution in [-0.2, 0) is 4.79 Å². The maximum Gasteiger partial charge on any atom is 0.258 e. The second kappa shape index (κ2) is 10.7. The molecule has 1 amide bonds. The lowest BCUT2D eigenvalue weighted by Crippen LogP contribution is -2.41. The van der Waals surface area contributed by atoms with Crippen LogP contribution in [0.3, 0.4) is 0 Å². The Morgan fingerprint density at radius 1 is 1.07 bits per heavy atom.